The van der Waals surface area contributed by atoms with Crippen molar-refractivity contribution < 1.29 is 46.1 Å². The highest BCUT2D eigenvalue weighted by Crippen LogP contribution is 2.51. The van der Waals surface area contributed by atoms with Crippen LogP contribution in [0.5, 0.6) is 0 Å². The van der Waals surface area contributed by atoms with Gasteiger partial charge in [-0.05, 0) is 287 Å². The zero-order valence-corrected chi connectivity index (χ0v) is 70.6. The minimum atomic E-state index is -0.435. The summed E-state index contributed by atoms with van der Waals surface area (Å²) < 4.78 is 236. The molecule has 28 rings (SSSR count). The maximum absolute atomic E-state index is 9.35. The van der Waals surface area contributed by atoms with E-state index in [0.717, 1.165) is 109 Å². The molecule has 0 aliphatic rings. The van der Waals surface area contributed by atoms with Gasteiger partial charge >= 0.3 is 0 Å². The molecule has 0 saturated heterocycles. The third-order valence-electron chi connectivity index (χ3n) is 25.8. The second kappa shape index (κ2) is 31.8. The summed E-state index contributed by atoms with van der Waals surface area (Å²) in [6.45, 7) is 0. The molecule has 0 N–H and O–H groups in total. The number of rotatable bonds is 9. The molecule has 3 aromatic heterocycles. The molecule has 25 aromatic carbocycles. The molecule has 0 fully saturated rings. The van der Waals surface area contributed by atoms with E-state index in [1.165, 1.54) is 0 Å². The van der Waals surface area contributed by atoms with Crippen molar-refractivity contribution >= 4 is 174 Å². The van der Waals surface area contributed by atoms with E-state index in [0.29, 0.717) is 100 Å². The molecule has 0 aliphatic heterocycles. The van der Waals surface area contributed by atoms with Gasteiger partial charge < -0.3 is 13.3 Å². The van der Waals surface area contributed by atoms with Gasteiger partial charge in [0.25, 0.3) is 0 Å². The Balaban J connectivity index is 0.000000118. The van der Waals surface area contributed by atoms with Gasteiger partial charge in [0.2, 0.25) is 0 Å². The summed E-state index contributed by atoms with van der Waals surface area (Å²) in [6, 6.07) is 100. The number of furan rings is 3. The van der Waals surface area contributed by atoms with Crippen LogP contribution < -0.4 is 0 Å². The zero-order chi connectivity index (χ0) is 108. The fraction of sp³-hybridized carbons (Fsp3) is 0. The van der Waals surface area contributed by atoms with Gasteiger partial charge in [0.15, 0.2) is 0 Å². The largest absolute Gasteiger partial charge is 0.456 e. The van der Waals surface area contributed by atoms with E-state index in [9.17, 15) is 16.4 Å². The third kappa shape index (κ3) is 13.2. The first kappa shape index (κ1) is 56.0. The molecule has 3 nitrogen and oxygen atoms in total. The number of hydrogen-bond acceptors (Lipinski definition) is 3. The first-order valence-electron chi connectivity index (χ1n) is 55.7. The van der Waals surface area contributed by atoms with Crippen molar-refractivity contribution in [2.24, 2.45) is 0 Å². The minimum Gasteiger partial charge on any atom is -0.456 e. The molecule has 0 bridgehead atoms. The fourth-order valence-electron chi connectivity index (χ4n) is 19.7. The lowest BCUT2D eigenvalue weighted by molar-refractivity contribution is 0.669. The second-order valence-corrected chi connectivity index (χ2v) is 33.3. The molecule has 28 aromatic rings. The molecule has 3 heterocycles. The molecule has 618 valence electrons. The monoisotopic (exact) mass is 1710 g/mol. The topological polar surface area (TPSA) is 39.4 Å². The summed E-state index contributed by atoms with van der Waals surface area (Å²) >= 11 is 0. The fourth-order valence-corrected chi connectivity index (χ4v) is 19.7. The lowest BCUT2D eigenvalue weighted by atomic mass is 9.84. The predicted molar refractivity (Wildman–Crippen MR) is 565 cm³/mol. The van der Waals surface area contributed by atoms with Gasteiger partial charge in [-0.3, -0.25) is 0 Å². The summed E-state index contributed by atoms with van der Waals surface area (Å²) in [4.78, 5) is 0. The number of benzene rings is 25. The Kier molecular flexibility index (Phi) is 13.4. The summed E-state index contributed by atoms with van der Waals surface area (Å²) in [5.41, 5.74) is 15.0. The van der Waals surface area contributed by atoms with Crippen LogP contribution in [0, 0.1) is 0 Å². The Hall–Kier alpha value is -17.5. The van der Waals surface area contributed by atoms with Crippen molar-refractivity contribution in [2.75, 3.05) is 0 Å². The van der Waals surface area contributed by atoms with E-state index in [-0.39, 0.29) is 137 Å². The lowest BCUT2D eigenvalue weighted by Gasteiger charge is -2.18. The van der Waals surface area contributed by atoms with Gasteiger partial charge in [0.1, 0.15) is 33.5 Å². The van der Waals surface area contributed by atoms with E-state index < -0.39 is 72.5 Å². The Morgan fingerprint density at radius 1 is 0.128 bits per heavy atom. The van der Waals surface area contributed by atoms with Crippen LogP contribution in [0.2, 0.25) is 0 Å². The number of hydrogen-bond donors (Lipinski definition) is 0. The Bertz CT molecular complexity index is 10900. The highest BCUT2D eigenvalue weighted by Gasteiger charge is 2.25. The quantitative estimate of drug-likeness (QED) is 0.135. The van der Waals surface area contributed by atoms with Crippen LogP contribution in [0.4, 0.5) is 0 Å². The average Bonchev–Trinajstić information content (AvgIpc) is 1.22. The Morgan fingerprint density at radius 3 is 0.699 bits per heavy atom. The van der Waals surface area contributed by atoms with E-state index in [4.69, 9.17) is 29.7 Å². The van der Waals surface area contributed by atoms with E-state index >= 15 is 0 Å². The molecule has 0 saturated carbocycles. The van der Waals surface area contributed by atoms with Crippen LogP contribution >= 0.6 is 0 Å². The lowest BCUT2D eigenvalue weighted by Crippen LogP contribution is -1.91. The van der Waals surface area contributed by atoms with Crippen molar-refractivity contribution in [3.05, 3.63) is 485 Å². The van der Waals surface area contributed by atoms with Crippen molar-refractivity contribution in [3.63, 3.8) is 0 Å². The van der Waals surface area contributed by atoms with Crippen LogP contribution in [-0.4, -0.2) is 0 Å². The minimum absolute atomic E-state index is 0.173. The first-order valence-corrected chi connectivity index (χ1v) is 43.7. The maximum atomic E-state index is 9.35. The van der Waals surface area contributed by atoms with Crippen LogP contribution in [-0.2, 0) is 0 Å². The molecule has 133 heavy (non-hydrogen) atoms. The van der Waals surface area contributed by atoms with E-state index in [1.807, 2.05) is 279 Å². The van der Waals surface area contributed by atoms with Gasteiger partial charge in [-0.25, -0.2) is 0 Å². The van der Waals surface area contributed by atoms with Crippen molar-refractivity contribution in [1.29, 1.82) is 0 Å². The molecule has 0 aliphatic carbocycles. The molecule has 0 unspecified atom stereocenters. The van der Waals surface area contributed by atoms with E-state index in [2.05, 4.69) is 42.5 Å². The summed E-state index contributed by atoms with van der Waals surface area (Å²) in [5, 5.41) is 14.9. The summed E-state index contributed by atoms with van der Waals surface area (Å²) in [6.07, 6.45) is 0. The van der Waals surface area contributed by atoms with Crippen LogP contribution in [0.3, 0.4) is 0 Å². The standard InChI is InChI=1S/C48H30O.C42H26O.C40H24O/c1-2-10-31(11-3-1)32-18-20-33(21-19-32)34-22-24-35(25-23-34)47-39-14-6-8-16-41(39)48(42-17-9-7-15-40(42)47)38-26-27-45-43(29-38)44-28-36-12-4-5-13-37(36)30-46(44)49-45;1-2-11-27(12-3-1)28-15-10-16-31(23-28)41-33-17-6-8-19-35(33)42(36-20-9-7-18-34(36)41)32-21-22-39-37(25-32)38-24-29-13-4-5-14-30(29)26-40(38)43-39;1-2-12-27-24-38-36(22-26(27)11-1)35-23-28(20-21-37(35)41-38)39-31-15-5-7-17-33(31)40(34-18-8-6-16-32(34)39)30-19-9-13-25-10-3-4-14-29(25)30/h1-30H;1-26H;1-24H/i6D,7D,8D,9D,14D,15D,16D,17D;6D,7D,8D,9D,17D,18D,19D,20D;5D,6D,7D,8D,15D,16D,17D,18D. The van der Waals surface area contributed by atoms with Crippen LogP contribution in [0.15, 0.2) is 498 Å². The molecule has 3 heteroatoms. The normalized spacial score (nSPS) is 14.3. The zero-order valence-electron chi connectivity index (χ0n) is 94.6. The van der Waals surface area contributed by atoms with Crippen molar-refractivity contribution in [3.8, 4) is 100 Å². The molecular weight excluding hydrogens is 1610 g/mol. The average molecular weight is 1710 g/mol. The third-order valence-corrected chi connectivity index (χ3v) is 25.8. The SMILES string of the molecule is [2H]c1c([2H])c([2H])c2c(-c3ccc4oc5cc6ccccc6cc5c4c3)c3c([2H])c([2H])c([2H])c([2H])c3c(-c3ccc(-c4ccc(-c5ccccc5)cc4)cc3)c2c1[2H].[2H]c1c([2H])c([2H])c2c(-c3ccc4oc5cc6ccccc6cc5c4c3)c3c([2H])c([2H])c([2H])c([2H])c3c(-c3cccc(-c4ccccc4)c3)c2c1[2H].[2H]c1c([2H])c([2H])c2c(-c3cccc4ccccc34)c3c([2H])c([2H])c([2H])c([2H])c3c(-c3ccc4oc5cc6ccccc6cc5c4c3)c2c1[2H]. The highest BCUT2D eigenvalue weighted by atomic mass is 16.3. The van der Waals surface area contributed by atoms with Crippen molar-refractivity contribution in [1.82, 2.24) is 0 Å². The van der Waals surface area contributed by atoms with E-state index in [1.54, 1.807) is 18.2 Å². The number of fused-ring (bicyclic) bond motifs is 19. The predicted octanol–water partition coefficient (Wildman–Crippen LogP) is 37.3. The Morgan fingerprint density at radius 2 is 0.353 bits per heavy atom. The van der Waals surface area contributed by atoms with Crippen LogP contribution in [0.25, 0.3) is 274 Å². The first-order chi connectivity index (χ1) is 75.9. The van der Waals surface area contributed by atoms with Crippen LogP contribution in [0.1, 0.15) is 32.9 Å². The molecule has 0 radical (unpaired) electrons. The maximum Gasteiger partial charge on any atom is 0.136 e. The smallest absolute Gasteiger partial charge is 0.136 e. The van der Waals surface area contributed by atoms with Crippen molar-refractivity contribution in [2.45, 2.75) is 0 Å². The van der Waals surface area contributed by atoms with Gasteiger partial charge in [0, 0.05) is 32.3 Å². The summed E-state index contributed by atoms with van der Waals surface area (Å²) in [7, 11) is 0. The summed E-state index contributed by atoms with van der Waals surface area (Å²) in [5.74, 6) is 0. The molecular formula is C130H80O3. The van der Waals surface area contributed by atoms with Gasteiger partial charge in [0.05, 0.1) is 32.9 Å². The molecule has 0 spiro atoms. The van der Waals surface area contributed by atoms with Gasteiger partial charge in [-0.1, -0.05) is 406 Å². The molecule has 0 amide bonds. The second-order valence-electron chi connectivity index (χ2n) is 33.3. The highest BCUT2D eigenvalue weighted by molar-refractivity contribution is 6.27. The van der Waals surface area contributed by atoms with Gasteiger partial charge in [-0.2, -0.15) is 0 Å². The molecule has 0 atom stereocenters. The van der Waals surface area contributed by atoms with Gasteiger partial charge in [-0.15, -0.1) is 0 Å². The Labute approximate surface area is 800 Å².